The van der Waals surface area contributed by atoms with Gasteiger partial charge in [-0.15, -0.1) is 0 Å². The molecule has 6 nitrogen and oxygen atoms in total. The number of unbranched alkanes of at least 4 members (excludes halogenated alkanes) is 4. The third kappa shape index (κ3) is 19.4. The lowest BCUT2D eigenvalue weighted by Gasteiger charge is -2.24. The van der Waals surface area contributed by atoms with Crippen molar-refractivity contribution in [1.82, 2.24) is 15.5 Å². The lowest BCUT2D eigenvalue weighted by molar-refractivity contribution is -0.121. The van der Waals surface area contributed by atoms with Gasteiger partial charge in [0.15, 0.2) is 0 Å². The first-order chi connectivity index (χ1) is 14.0. The Morgan fingerprint density at radius 2 is 1.31 bits per heavy atom. The average molecular weight is 410 g/mol. The van der Waals surface area contributed by atoms with Gasteiger partial charge in [-0.05, 0) is 59.3 Å². The van der Waals surface area contributed by atoms with Crippen LogP contribution in [0.25, 0.3) is 0 Å². The Morgan fingerprint density at radius 1 is 0.862 bits per heavy atom. The molecule has 0 aliphatic rings. The molecule has 1 unspecified atom stereocenters. The number of rotatable bonds is 18. The van der Waals surface area contributed by atoms with E-state index < -0.39 is 6.10 Å². The van der Waals surface area contributed by atoms with E-state index >= 15 is 0 Å². The summed E-state index contributed by atoms with van der Waals surface area (Å²) < 4.78 is 0. The second-order valence-corrected chi connectivity index (χ2v) is 7.48. The number of nitrogens with zero attached hydrogens (tertiary/aromatic N) is 1. The molecule has 0 heterocycles. The van der Waals surface area contributed by atoms with Crippen molar-refractivity contribution < 1.29 is 14.7 Å². The predicted octanol–water partition coefficient (Wildman–Crippen LogP) is 3.17. The number of carbonyl (C=O) groups is 2. The van der Waals surface area contributed by atoms with Gasteiger partial charge in [-0.1, -0.05) is 24.3 Å². The van der Waals surface area contributed by atoms with E-state index in [1.807, 2.05) is 26.0 Å². The Labute approximate surface area is 177 Å². The van der Waals surface area contributed by atoms with Gasteiger partial charge < -0.3 is 15.7 Å². The van der Waals surface area contributed by atoms with Crippen LogP contribution in [0.5, 0.6) is 0 Å². The van der Waals surface area contributed by atoms with Crippen molar-refractivity contribution in [2.45, 2.75) is 78.2 Å². The summed E-state index contributed by atoms with van der Waals surface area (Å²) in [5.74, 6) is 0.155. The van der Waals surface area contributed by atoms with Crippen LogP contribution in [0.1, 0.15) is 72.1 Å². The molecule has 168 valence electrons. The number of allylic oxidation sites excluding steroid dienone is 4. The third-order valence-electron chi connectivity index (χ3n) is 4.54. The first-order valence-corrected chi connectivity index (χ1v) is 11.2. The molecule has 29 heavy (non-hydrogen) atoms. The maximum atomic E-state index is 11.9. The van der Waals surface area contributed by atoms with Gasteiger partial charge in [-0.2, -0.15) is 0 Å². The second kappa shape index (κ2) is 19.6. The molecule has 0 fully saturated rings. The summed E-state index contributed by atoms with van der Waals surface area (Å²) in [6.07, 6.45) is 14.9. The first kappa shape index (κ1) is 27.3. The quantitative estimate of drug-likeness (QED) is 0.240. The van der Waals surface area contributed by atoms with E-state index in [-0.39, 0.29) is 11.8 Å². The van der Waals surface area contributed by atoms with Crippen molar-refractivity contribution in [2.24, 2.45) is 0 Å². The fourth-order valence-electron chi connectivity index (χ4n) is 2.98. The van der Waals surface area contributed by atoms with E-state index in [1.54, 1.807) is 6.92 Å². The minimum atomic E-state index is -0.445. The summed E-state index contributed by atoms with van der Waals surface area (Å²) in [6, 6.07) is 0. The Hall–Kier alpha value is -1.66. The summed E-state index contributed by atoms with van der Waals surface area (Å²) in [7, 11) is 0. The van der Waals surface area contributed by atoms with E-state index in [1.165, 1.54) is 0 Å². The van der Waals surface area contributed by atoms with Gasteiger partial charge in [0.25, 0.3) is 0 Å². The van der Waals surface area contributed by atoms with Crippen molar-refractivity contribution in [3.8, 4) is 0 Å². The van der Waals surface area contributed by atoms with E-state index in [0.717, 1.165) is 38.5 Å². The third-order valence-corrected chi connectivity index (χ3v) is 4.54. The van der Waals surface area contributed by atoms with E-state index in [4.69, 9.17) is 0 Å². The summed E-state index contributed by atoms with van der Waals surface area (Å²) >= 11 is 0. The maximum absolute atomic E-state index is 11.9. The standard InChI is InChI=1S/C23H43N3O3/c1-4-6-8-10-12-14-22(28)24-16-18-26(20-21(3)27)19-17-25-23(29)15-13-11-9-7-5-2/h4-7,21,27H,8-20H2,1-3H3,(H,24,28)(H,25,29)/b6-4+,7-5+. The highest BCUT2D eigenvalue weighted by molar-refractivity contribution is 5.76. The van der Waals surface area contributed by atoms with Gasteiger partial charge >= 0.3 is 0 Å². The first-order valence-electron chi connectivity index (χ1n) is 11.2. The highest BCUT2D eigenvalue weighted by atomic mass is 16.3. The molecule has 0 aliphatic heterocycles. The molecule has 2 amide bonds. The topological polar surface area (TPSA) is 81.7 Å². The van der Waals surface area contributed by atoms with Crippen molar-refractivity contribution in [2.75, 3.05) is 32.7 Å². The maximum Gasteiger partial charge on any atom is 0.220 e. The van der Waals surface area contributed by atoms with Crippen molar-refractivity contribution in [1.29, 1.82) is 0 Å². The minimum Gasteiger partial charge on any atom is -0.392 e. The highest BCUT2D eigenvalue weighted by Crippen LogP contribution is 2.01. The SMILES string of the molecule is C/C=C/CCCCC(=O)NCCN(CCNC(=O)CCCC/C=C/C)CC(C)O. The molecule has 0 saturated carbocycles. The zero-order chi connectivity index (χ0) is 21.7. The van der Waals surface area contributed by atoms with Crippen LogP contribution in [0.4, 0.5) is 0 Å². The molecule has 0 aromatic carbocycles. The molecule has 0 saturated heterocycles. The molecule has 0 aromatic heterocycles. The van der Waals surface area contributed by atoms with Gasteiger partial charge in [-0.3, -0.25) is 14.5 Å². The van der Waals surface area contributed by atoms with Crippen LogP contribution >= 0.6 is 0 Å². The van der Waals surface area contributed by atoms with Crippen LogP contribution in [0, 0.1) is 0 Å². The normalized spacial score (nSPS) is 12.7. The summed E-state index contributed by atoms with van der Waals surface area (Å²) in [5, 5.41) is 15.6. The van der Waals surface area contributed by atoms with Gasteiger partial charge in [0.2, 0.25) is 11.8 Å². The zero-order valence-corrected chi connectivity index (χ0v) is 18.8. The number of aliphatic hydroxyl groups is 1. The molecular weight excluding hydrogens is 366 g/mol. The fourth-order valence-corrected chi connectivity index (χ4v) is 2.98. The largest absolute Gasteiger partial charge is 0.392 e. The molecule has 0 radical (unpaired) electrons. The molecule has 0 bridgehead atoms. The van der Waals surface area contributed by atoms with Gasteiger partial charge in [0.05, 0.1) is 6.10 Å². The van der Waals surface area contributed by atoms with Crippen molar-refractivity contribution in [3.63, 3.8) is 0 Å². The van der Waals surface area contributed by atoms with E-state index in [0.29, 0.717) is 45.6 Å². The predicted molar refractivity (Wildman–Crippen MR) is 121 cm³/mol. The number of hydrogen-bond acceptors (Lipinski definition) is 4. The zero-order valence-electron chi connectivity index (χ0n) is 18.8. The number of amides is 2. The monoisotopic (exact) mass is 409 g/mol. The van der Waals surface area contributed by atoms with Crippen molar-refractivity contribution >= 4 is 11.8 Å². The Kier molecular flexibility index (Phi) is 18.5. The molecule has 0 rings (SSSR count). The highest BCUT2D eigenvalue weighted by Gasteiger charge is 2.10. The average Bonchev–Trinajstić information content (AvgIpc) is 2.67. The molecule has 3 N–H and O–H groups in total. The number of carbonyl (C=O) groups excluding carboxylic acids is 2. The summed E-state index contributed by atoms with van der Waals surface area (Å²) in [5.41, 5.74) is 0. The van der Waals surface area contributed by atoms with Gasteiger partial charge in [0.1, 0.15) is 0 Å². The minimum absolute atomic E-state index is 0.0775. The van der Waals surface area contributed by atoms with Crippen LogP contribution in [0.15, 0.2) is 24.3 Å². The lowest BCUT2D eigenvalue weighted by Crippen LogP contribution is -2.42. The Morgan fingerprint density at radius 3 is 1.69 bits per heavy atom. The molecule has 0 aromatic rings. The number of hydrogen-bond donors (Lipinski definition) is 3. The van der Waals surface area contributed by atoms with E-state index in [9.17, 15) is 14.7 Å². The summed E-state index contributed by atoms with van der Waals surface area (Å²) in [6.45, 7) is 8.72. The van der Waals surface area contributed by atoms with Gasteiger partial charge in [-0.25, -0.2) is 0 Å². The summed E-state index contributed by atoms with van der Waals surface area (Å²) in [4.78, 5) is 25.9. The number of aliphatic hydroxyl groups excluding tert-OH is 1. The molecule has 6 heteroatoms. The van der Waals surface area contributed by atoms with Gasteiger partial charge in [0, 0.05) is 45.6 Å². The van der Waals surface area contributed by atoms with Crippen LogP contribution in [0.2, 0.25) is 0 Å². The number of nitrogens with one attached hydrogen (secondary N) is 2. The van der Waals surface area contributed by atoms with Crippen LogP contribution in [-0.2, 0) is 9.59 Å². The van der Waals surface area contributed by atoms with Crippen LogP contribution in [0.3, 0.4) is 0 Å². The Bertz CT molecular complexity index is 438. The van der Waals surface area contributed by atoms with E-state index in [2.05, 4.69) is 27.7 Å². The second-order valence-electron chi connectivity index (χ2n) is 7.48. The fraction of sp³-hybridized carbons (Fsp3) is 0.739. The lowest BCUT2D eigenvalue weighted by atomic mass is 10.2. The molecule has 0 spiro atoms. The smallest absolute Gasteiger partial charge is 0.220 e. The van der Waals surface area contributed by atoms with Crippen molar-refractivity contribution in [3.05, 3.63) is 24.3 Å². The van der Waals surface area contributed by atoms with Crippen LogP contribution < -0.4 is 10.6 Å². The molecule has 0 aliphatic carbocycles. The van der Waals surface area contributed by atoms with Crippen LogP contribution in [-0.4, -0.2) is 60.6 Å². The molecule has 1 atom stereocenters. The Balaban J connectivity index is 3.95. The molecular formula is C23H43N3O3.